The van der Waals surface area contributed by atoms with Crippen LogP contribution in [-0.4, -0.2) is 41.0 Å². The molecule has 0 atom stereocenters. The van der Waals surface area contributed by atoms with Crippen LogP contribution in [0.15, 0.2) is 6.33 Å². The lowest BCUT2D eigenvalue weighted by atomic mass is 10.1. The van der Waals surface area contributed by atoms with Crippen LogP contribution in [0.5, 0.6) is 0 Å². The highest BCUT2D eigenvalue weighted by Gasteiger charge is 2.10. The predicted molar refractivity (Wildman–Crippen MR) is 80.1 cm³/mol. The van der Waals surface area contributed by atoms with Gasteiger partial charge in [-0.1, -0.05) is 13.3 Å². The molecular formula is C13H26N6. The second-order valence-corrected chi connectivity index (χ2v) is 4.94. The summed E-state index contributed by atoms with van der Waals surface area (Å²) in [6.45, 7) is 8.32. The maximum atomic E-state index is 5.49. The molecule has 108 valence electrons. The van der Waals surface area contributed by atoms with Gasteiger partial charge in [0.15, 0.2) is 0 Å². The van der Waals surface area contributed by atoms with E-state index in [1.54, 1.807) is 0 Å². The Kier molecular flexibility index (Phi) is 6.52. The standard InChI is InChI=1S/C13H26N6/c1-5-6-11-12(16-9-17-13(11)18-14)15-7-8-19(4)10(2)3/h9-10H,5-8,14H2,1-4H3,(H2,15,16,17,18). The number of nitrogens with one attached hydrogen (secondary N) is 2. The number of nitrogens with two attached hydrogens (primary N) is 1. The van der Waals surface area contributed by atoms with Gasteiger partial charge in [-0.3, -0.25) is 0 Å². The third-order valence-corrected chi connectivity index (χ3v) is 3.22. The minimum absolute atomic E-state index is 0.545. The first-order valence-electron chi connectivity index (χ1n) is 6.84. The third kappa shape index (κ3) is 4.65. The molecule has 0 amide bonds. The number of rotatable bonds is 8. The molecule has 0 aliphatic carbocycles. The van der Waals surface area contributed by atoms with Gasteiger partial charge >= 0.3 is 0 Å². The van der Waals surface area contributed by atoms with Gasteiger partial charge in [0, 0.05) is 24.7 Å². The van der Waals surface area contributed by atoms with E-state index in [1.807, 2.05) is 0 Å². The number of hydrogen-bond acceptors (Lipinski definition) is 6. The zero-order valence-corrected chi connectivity index (χ0v) is 12.4. The summed E-state index contributed by atoms with van der Waals surface area (Å²) in [5.74, 6) is 7.07. The Morgan fingerprint density at radius 3 is 2.58 bits per heavy atom. The number of nitrogen functional groups attached to an aromatic ring is 1. The zero-order valence-electron chi connectivity index (χ0n) is 12.4. The Morgan fingerprint density at radius 1 is 1.32 bits per heavy atom. The quantitative estimate of drug-likeness (QED) is 0.488. The summed E-state index contributed by atoms with van der Waals surface area (Å²) in [5.41, 5.74) is 3.69. The molecule has 1 aromatic rings. The molecule has 0 spiro atoms. The topological polar surface area (TPSA) is 79.1 Å². The van der Waals surface area contributed by atoms with Gasteiger partial charge in [0.1, 0.15) is 18.0 Å². The summed E-state index contributed by atoms with van der Waals surface area (Å²) < 4.78 is 0. The first kappa shape index (κ1) is 15.7. The van der Waals surface area contributed by atoms with E-state index >= 15 is 0 Å². The van der Waals surface area contributed by atoms with Gasteiger partial charge in [-0.2, -0.15) is 0 Å². The monoisotopic (exact) mass is 266 g/mol. The summed E-state index contributed by atoms with van der Waals surface area (Å²) in [6, 6.07) is 0.545. The van der Waals surface area contributed by atoms with Crippen LogP contribution in [0.1, 0.15) is 32.8 Å². The molecule has 0 aromatic carbocycles. The highest BCUT2D eigenvalue weighted by Crippen LogP contribution is 2.20. The normalized spacial score (nSPS) is 11.1. The van der Waals surface area contributed by atoms with Crippen LogP contribution in [-0.2, 0) is 6.42 Å². The summed E-state index contributed by atoms with van der Waals surface area (Å²) in [4.78, 5) is 10.7. The van der Waals surface area contributed by atoms with Crippen LogP contribution in [0.4, 0.5) is 11.6 Å². The lowest BCUT2D eigenvalue weighted by Gasteiger charge is -2.21. The molecule has 0 aliphatic heterocycles. The maximum absolute atomic E-state index is 5.49. The van der Waals surface area contributed by atoms with Crippen molar-refractivity contribution in [3.63, 3.8) is 0 Å². The Morgan fingerprint density at radius 2 is 2.00 bits per heavy atom. The summed E-state index contributed by atoms with van der Waals surface area (Å²) in [7, 11) is 2.12. The first-order valence-corrected chi connectivity index (χ1v) is 6.84. The molecule has 1 aromatic heterocycles. The molecule has 4 N–H and O–H groups in total. The molecule has 1 heterocycles. The van der Waals surface area contributed by atoms with Gasteiger partial charge in [-0.25, -0.2) is 15.8 Å². The van der Waals surface area contributed by atoms with E-state index in [2.05, 4.69) is 53.4 Å². The zero-order chi connectivity index (χ0) is 14.3. The van der Waals surface area contributed by atoms with Crippen molar-refractivity contribution in [3.8, 4) is 0 Å². The minimum Gasteiger partial charge on any atom is -0.368 e. The molecule has 6 heteroatoms. The van der Waals surface area contributed by atoms with Crippen LogP contribution < -0.4 is 16.6 Å². The van der Waals surface area contributed by atoms with Crippen LogP contribution in [0.25, 0.3) is 0 Å². The minimum atomic E-state index is 0.545. The lowest BCUT2D eigenvalue weighted by molar-refractivity contribution is 0.284. The largest absolute Gasteiger partial charge is 0.368 e. The van der Waals surface area contributed by atoms with E-state index in [9.17, 15) is 0 Å². The fraction of sp³-hybridized carbons (Fsp3) is 0.692. The molecule has 0 unspecified atom stereocenters. The molecule has 0 saturated carbocycles. The van der Waals surface area contributed by atoms with Gasteiger partial charge in [0.05, 0.1) is 0 Å². The van der Waals surface area contributed by atoms with E-state index in [4.69, 9.17) is 5.84 Å². The van der Waals surface area contributed by atoms with Crippen molar-refractivity contribution in [3.05, 3.63) is 11.9 Å². The van der Waals surface area contributed by atoms with Crippen molar-refractivity contribution >= 4 is 11.6 Å². The lowest BCUT2D eigenvalue weighted by Crippen LogP contribution is -2.31. The van der Waals surface area contributed by atoms with Crippen molar-refractivity contribution in [1.29, 1.82) is 0 Å². The Bertz CT molecular complexity index is 379. The highest BCUT2D eigenvalue weighted by molar-refractivity contribution is 5.56. The van der Waals surface area contributed by atoms with Gasteiger partial charge < -0.3 is 15.6 Å². The molecule has 19 heavy (non-hydrogen) atoms. The van der Waals surface area contributed by atoms with Gasteiger partial charge in [0.25, 0.3) is 0 Å². The average molecular weight is 266 g/mol. The first-order chi connectivity index (χ1) is 9.10. The van der Waals surface area contributed by atoms with Crippen LogP contribution in [0.3, 0.4) is 0 Å². The fourth-order valence-electron chi connectivity index (χ4n) is 1.78. The van der Waals surface area contributed by atoms with Crippen molar-refractivity contribution in [1.82, 2.24) is 14.9 Å². The van der Waals surface area contributed by atoms with E-state index < -0.39 is 0 Å². The SMILES string of the molecule is CCCc1c(NN)ncnc1NCCN(C)C(C)C. The summed E-state index contributed by atoms with van der Waals surface area (Å²) in [6.07, 6.45) is 3.47. The van der Waals surface area contributed by atoms with Crippen molar-refractivity contribution in [2.75, 3.05) is 30.9 Å². The maximum Gasteiger partial charge on any atom is 0.148 e. The van der Waals surface area contributed by atoms with Crippen molar-refractivity contribution < 1.29 is 0 Å². The van der Waals surface area contributed by atoms with Gasteiger partial charge in [-0.05, 0) is 27.3 Å². The fourth-order valence-corrected chi connectivity index (χ4v) is 1.78. The number of hydrazine groups is 1. The molecule has 1 rings (SSSR count). The molecule has 0 aliphatic rings. The molecule has 6 nitrogen and oxygen atoms in total. The van der Waals surface area contributed by atoms with E-state index in [1.165, 1.54) is 6.33 Å². The number of nitrogens with zero attached hydrogens (tertiary/aromatic N) is 3. The highest BCUT2D eigenvalue weighted by atomic mass is 15.3. The van der Waals surface area contributed by atoms with E-state index in [0.29, 0.717) is 11.9 Å². The van der Waals surface area contributed by atoms with E-state index in [0.717, 1.165) is 37.3 Å². The Hall–Kier alpha value is -1.40. The summed E-state index contributed by atoms with van der Waals surface area (Å²) >= 11 is 0. The second kappa shape index (κ2) is 7.91. The van der Waals surface area contributed by atoms with Crippen molar-refractivity contribution in [2.45, 2.75) is 39.7 Å². The third-order valence-electron chi connectivity index (χ3n) is 3.22. The Labute approximate surface area is 115 Å². The average Bonchev–Trinajstić information content (AvgIpc) is 2.40. The number of anilines is 2. The molecule has 0 radical (unpaired) electrons. The second-order valence-electron chi connectivity index (χ2n) is 4.94. The summed E-state index contributed by atoms with van der Waals surface area (Å²) in [5, 5.41) is 3.37. The van der Waals surface area contributed by atoms with Gasteiger partial charge in [-0.15, -0.1) is 0 Å². The van der Waals surface area contributed by atoms with Crippen LogP contribution >= 0.6 is 0 Å². The number of likely N-dealkylation sites (N-methyl/N-ethyl adjacent to an activating group) is 1. The molecule has 0 saturated heterocycles. The van der Waals surface area contributed by atoms with Crippen molar-refractivity contribution in [2.24, 2.45) is 5.84 Å². The Balaban J connectivity index is 2.66. The van der Waals surface area contributed by atoms with Crippen LogP contribution in [0.2, 0.25) is 0 Å². The number of hydrogen-bond donors (Lipinski definition) is 3. The predicted octanol–water partition coefficient (Wildman–Crippen LogP) is 1.47. The molecule has 0 bridgehead atoms. The van der Waals surface area contributed by atoms with Gasteiger partial charge in [0.2, 0.25) is 0 Å². The molecule has 0 fully saturated rings. The smallest absolute Gasteiger partial charge is 0.148 e. The van der Waals surface area contributed by atoms with E-state index in [-0.39, 0.29) is 0 Å². The molecular weight excluding hydrogens is 240 g/mol. The number of aromatic nitrogens is 2. The van der Waals surface area contributed by atoms with Crippen LogP contribution in [0, 0.1) is 0 Å².